The van der Waals surface area contributed by atoms with Crippen molar-refractivity contribution in [2.24, 2.45) is 11.5 Å². The third-order valence-electron chi connectivity index (χ3n) is 2.62. The molecule has 0 bridgehead atoms. The van der Waals surface area contributed by atoms with Gasteiger partial charge in [0.05, 0.1) is 0 Å². The van der Waals surface area contributed by atoms with Crippen molar-refractivity contribution < 1.29 is 0 Å². The predicted molar refractivity (Wildman–Crippen MR) is 73.7 cm³/mol. The van der Waals surface area contributed by atoms with Crippen LogP contribution in [0.3, 0.4) is 0 Å². The van der Waals surface area contributed by atoms with Crippen LogP contribution in [0.25, 0.3) is 0 Å². The average Bonchev–Trinajstić information content (AvgIpc) is 2.26. The molecule has 0 aromatic carbocycles. The molecule has 4 heteroatoms. The van der Waals surface area contributed by atoms with Gasteiger partial charge in [-0.3, -0.25) is 0 Å². The van der Waals surface area contributed by atoms with Crippen molar-refractivity contribution >= 4 is 18.9 Å². The van der Waals surface area contributed by atoms with Gasteiger partial charge in [-0.25, -0.2) is 0 Å². The van der Waals surface area contributed by atoms with E-state index in [0.717, 1.165) is 32.6 Å². The Morgan fingerprint density at radius 2 is 1.00 bits per heavy atom. The van der Waals surface area contributed by atoms with E-state index in [1.165, 1.54) is 44.9 Å². The zero-order valence-electron chi connectivity index (χ0n) is 11.1. The van der Waals surface area contributed by atoms with Crippen LogP contribution >= 0.6 is 0 Å². The minimum absolute atomic E-state index is 0. The Morgan fingerprint density at radius 1 is 0.562 bits per heavy atom. The van der Waals surface area contributed by atoms with Crippen LogP contribution < -0.4 is 16.8 Å². The molecular formula is C12H29LiN3. The normalized spacial score (nSPS) is 10.1. The molecule has 0 unspecified atom stereocenters. The van der Waals surface area contributed by atoms with Gasteiger partial charge in [0.25, 0.3) is 0 Å². The first-order valence-corrected chi connectivity index (χ1v) is 6.52. The predicted octanol–water partition coefficient (Wildman–Crippen LogP) is 1.23. The molecule has 0 fully saturated rings. The third-order valence-corrected chi connectivity index (χ3v) is 2.62. The van der Waals surface area contributed by atoms with Crippen LogP contribution in [0.4, 0.5) is 0 Å². The number of hydrogen-bond acceptors (Lipinski definition) is 3. The maximum atomic E-state index is 5.43. The number of rotatable bonds is 12. The summed E-state index contributed by atoms with van der Waals surface area (Å²) in [5.74, 6) is 0. The van der Waals surface area contributed by atoms with Gasteiger partial charge < -0.3 is 16.8 Å². The fraction of sp³-hybridized carbons (Fsp3) is 1.00. The first-order chi connectivity index (χ1) is 7.41. The molecule has 0 aliphatic heterocycles. The minimum Gasteiger partial charge on any atom is -0.330 e. The van der Waals surface area contributed by atoms with Gasteiger partial charge in [0.2, 0.25) is 0 Å². The smallest absolute Gasteiger partial charge is 0 e. The Bertz CT molecular complexity index is 100. The summed E-state index contributed by atoms with van der Waals surface area (Å²) in [5.41, 5.74) is 10.8. The molecule has 5 N–H and O–H groups in total. The van der Waals surface area contributed by atoms with Crippen LogP contribution in [0.5, 0.6) is 0 Å². The third kappa shape index (κ3) is 16.9. The van der Waals surface area contributed by atoms with Crippen LogP contribution in [0, 0.1) is 0 Å². The molecule has 1 radical (unpaired) electrons. The average molecular weight is 222 g/mol. The van der Waals surface area contributed by atoms with E-state index in [2.05, 4.69) is 5.32 Å². The summed E-state index contributed by atoms with van der Waals surface area (Å²) in [4.78, 5) is 0. The summed E-state index contributed by atoms with van der Waals surface area (Å²) in [6, 6.07) is 0. The molecule has 0 aliphatic carbocycles. The van der Waals surface area contributed by atoms with E-state index in [1.54, 1.807) is 0 Å². The van der Waals surface area contributed by atoms with Crippen molar-refractivity contribution in [3.63, 3.8) is 0 Å². The molecule has 0 rings (SSSR count). The molecule has 0 saturated heterocycles. The van der Waals surface area contributed by atoms with Crippen LogP contribution in [-0.4, -0.2) is 45.0 Å². The zero-order valence-corrected chi connectivity index (χ0v) is 11.1. The quantitative estimate of drug-likeness (QED) is 0.344. The van der Waals surface area contributed by atoms with Gasteiger partial charge in [-0.15, -0.1) is 0 Å². The van der Waals surface area contributed by atoms with E-state index in [4.69, 9.17) is 11.5 Å². The molecule has 0 amide bonds. The minimum atomic E-state index is 0. The first-order valence-electron chi connectivity index (χ1n) is 6.52. The summed E-state index contributed by atoms with van der Waals surface area (Å²) < 4.78 is 0. The zero-order chi connectivity index (χ0) is 11.2. The number of hydrogen-bond donors (Lipinski definition) is 3. The number of nitrogens with two attached hydrogens (primary N) is 2. The number of nitrogens with one attached hydrogen (secondary N) is 1. The Kier molecular flexibility index (Phi) is 21.0. The van der Waals surface area contributed by atoms with E-state index in [-0.39, 0.29) is 18.9 Å². The fourth-order valence-electron chi connectivity index (χ4n) is 1.63. The van der Waals surface area contributed by atoms with Gasteiger partial charge in [0, 0.05) is 18.9 Å². The molecule has 0 saturated carbocycles. The molecular weight excluding hydrogens is 193 g/mol. The van der Waals surface area contributed by atoms with Crippen LogP contribution in [0.1, 0.15) is 51.4 Å². The Hall–Kier alpha value is 0.477. The molecule has 0 spiro atoms. The van der Waals surface area contributed by atoms with E-state index in [1.807, 2.05) is 0 Å². The monoisotopic (exact) mass is 222 g/mol. The van der Waals surface area contributed by atoms with Gasteiger partial charge in [-0.2, -0.15) is 0 Å². The summed E-state index contributed by atoms with van der Waals surface area (Å²) in [7, 11) is 0. The topological polar surface area (TPSA) is 64.1 Å². The first kappa shape index (κ1) is 18.8. The number of unbranched alkanes of at least 4 members (excludes halogenated alkanes) is 6. The van der Waals surface area contributed by atoms with E-state index in [9.17, 15) is 0 Å². The van der Waals surface area contributed by atoms with Crippen molar-refractivity contribution in [2.45, 2.75) is 51.4 Å². The van der Waals surface area contributed by atoms with Crippen LogP contribution in [0.2, 0.25) is 0 Å². The largest absolute Gasteiger partial charge is 0.330 e. The molecule has 0 aliphatic rings. The van der Waals surface area contributed by atoms with Crippen LogP contribution in [0.15, 0.2) is 0 Å². The van der Waals surface area contributed by atoms with Gasteiger partial charge in [0.1, 0.15) is 0 Å². The summed E-state index contributed by atoms with van der Waals surface area (Å²) in [6.45, 7) is 3.88. The van der Waals surface area contributed by atoms with Crippen molar-refractivity contribution in [3.8, 4) is 0 Å². The van der Waals surface area contributed by atoms with Crippen LogP contribution in [-0.2, 0) is 0 Å². The maximum absolute atomic E-state index is 5.43. The molecule has 0 aromatic rings. The SMILES string of the molecule is NCCCCCCCCCNCCCN.[Li]. The van der Waals surface area contributed by atoms with Gasteiger partial charge >= 0.3 is 0 Å². The fourth-order valence-corrected chi connectivity index (χ4v) is 1.63. The van der Waals surface area contributed by atoms with Gasteiger partial charge in [-0.1, -0.05) is 32.1 Å². The Balaban J connectivity index is 0. The molecule has 0 aromatic heterocycles. The van der Waals surface area contributed by atoms with Crippen molar-refractivity contribution in [2.75, 3.05) is 26.2 Å². The standard InChI is InChI=1S/C12H29N3.Li/c13-9-6-4-2-1-3-5-7-11-15-12-8-10-14;/h15H,1-14H2;. The second-order valence-electron chi connectivity index (χ2n) is 4.16. The van der Waals surface area contributed by atoms with Crippen molar-refractivity contribution in [1.29, 1.82) is 0 Å². The van der Waals surface area contributed by atoms with Gasteiger partial charge in [-0.05, 0) is 45.4 Å². The summed E-state index contributed by atoms with van der Waals surface area (Å²) in [6.07, 6.45) is 10.4. The van der Waals surface area contributed by atoms with E-state index in [0.29, 0.717) is 0 Å². The Labute approximate surface area is 113 Å². The van der Waals surface area contributed by atoms with Crippen molar-refractivity contribution in [1.82, 2.24) is 5.32 Å². The summed E-state index contributed by atoms with van der Waals surface area (Å²) >= 11 is 0. The molecule has 93 valence electrons. The molecule has 16 heavy (non-hydrogen) atoms. The second kappa shape index (κ2) is 17.9. The molecule has 0 atom stereocenters. The van der Waals surface area contributed by atoms with Gasteiger partial charge in [0.15, 0.2) is 0 Å². The second-order valence-corrected chi connectivity index (χ2v) is 4.16. The maximum Gasteiger partial charge on any atom is 0 e. The summed E-state index contributed by atoms with van der Waals surface area (Å²) in [5, 5.41) is 3.40. The van der Waals surface area contributed by atoms with E-state index < -0.39 is 0 Å². The molecule has 0 heterocycles. The molecule has 3 nitrogen and oxygen atoms in total. The van der Waals surface area contributed by atoms with Crippen molar-refractivity contribution in [3.05, 3.63) is 0 Å². The Morgan fingerprint density at radius 3 is 1.56 bits per heavy atom. The van der Waals surface area contributed by atoms with E-state index >= 15 is 0 Å².